The summed E-state index contributed by atoms with van der Waals surface area (Å²) < 4.78 is 27.8. The molecule has 0 amide bonds. The van der Waals surface area contributed by atoms with Crippen LogP contribution in [0.4, 0.5) is 5.69 Å². The highest BCUT2D eigenvalue weighted by atomic mass is 35.5. The molecule has 0 aliphatic carbocycles. The van der Waals surface area contributed by atoms with Gasteiger partial charge in [0, 0.05) is 0 Å². The molecule has 9 heteroatoms. The summed E-state index contributed by atoms with van der Waals surface area (Å²) in [6, 6.07) is 14.8. The molecule has 3 rings (SSSR count). The first-order valence-corrected chi connectivity index (χ1v) is 10.2. The van der Waals surface area contributed by atoms with Crippen molar-refractivity contribution in [3.63, 3.8) is 0 Å². The fraction of sp³-hybridized carbons (Fsp3) is 0. The van der Waals surface area contributed by atoms with Crippen LogP contribution in [0.5, 0.6) is 0 Å². The minimum Gasteiger partial charge on any atom is -0.478 e. The average Bonchev–Trinajstić information content (AvgIpc) is 2.94. The van der Waals surface area contributed by atoms with Crippen molar-refractivity contribution in [1.29, 1.82) is 0 Å². The number of carboxylic acids is 1. The summed E-state index contributed by atoms with van der Waals surface area (Å²) in [6.45, 7) is 0. The average molecular weight is 428 g/mol. The SMILES string of the molecule is O=C(O)c1ccc(-c2ccccc2)cc1NS(=O)(=O)c1cc(Cl)sc1Cl. The maximum absolute atomic E-state index is 12.6. The number of halogens is 2. The van der Waals surface area contributed by atoms with Crippen LogP contribution in [-0.2, 0) is 10.0 Å². The summed E-state index contributed by atoms with van der Waals surface area (Å²) in [6.07, 6.45) is 0. The van der Waals surface area contributed by atoms with E-state index >= 15 is 0 Å². The standard InChI is InChI=1S/C17H11Cl2NO4S2/c18-15-9-14(16(19)25-15)26(23,24)20-13-8-11(6-7-12(13)17(21)22)10-4-2-1-3-5-10/h1-9,20H,(H,21,22). The molecule has 0 aliphatic rings. The first kappa shape index (κ1) is 18.7. The van der Waals surface area contributed by atoms with E-state index in [2.05, 4.69) is 4.72 Å². The molecule has 3 aromatic rings. The van der Waals surface area contributed by atoms with Crippen LogP contribution in [0.2, 0.25) is 8.67 Å². The van der Waals surface area contributed by atoms with Gasteiger partial charge in [0.05, 0.1) is 15.6 Å². The van der Waals surface area contributed by atoms with Crippen molar-refractivity contribution in [2.45, 2.75) is 4.90 Å². The van der Waals surface area contributed by atoms with Gasteiger partial charge in [0.15, 0.2) is 0 Å². The van der Waals surface area contributed by atoms with Gasteiger partial charge in [-0.25, -0.2) is 13.2 Å². The van der Waals surface area contributed by atoms with E-state index < -0.39 is 16.0 Å². The summed E-state index contributed by atoms with van der Waals surface area (Å²) in [7, 11) is -4.10. The molecule has 0 atom stereocenters. The highest BCUT2D eigenvalue weighted by Gasteiger charge is 2.23. The second-order valence-corrected chi connectivity index (χ2v) is 9.16. The number of thiophene rings is 1. The molecule has 0 fully saturated rings. The molecule has 1 aromatic heterocycles. The van der Waals surface area contributed by atoms with E-state index in [1.54, 1.807) is 6.07 Å². The fourth-order valence-corrected chi connectivity index (χ4v) is 5.55. The molecular weight excluding hydrogens is 417 g/mol. The van der Waals surface area contributed by atoms with Gasteiger partial charge < -0.3 is 5.11 Å². The van der Waals surface area contributed by atoms with E-state index in [1.807, 2.05) is 30.3 Å². The number of carboxylic acid groups (broad SMARTS) is 1. The zero-order valence-corrected chi connectivity index (χ0v) is 16.1. The normalized spacial score (nSPS) is 11.3. The van der Waals surface area contributed by atoms with Crippen molar-refractivity contribution in [1.82, 2.24) is 0 Å². The van der Waals surface area contributed by atoms with Crippen LogP contribution >= 0.6 is 34.5 Å². The Kier molecular flexibility index (Phi) is 5.24. The molecule has 0 spiro atoms. The molecule has 2 aromatic carbocycles. The van der Waals surface area contributed by atoms with Crippen LogP contribution in [0.3, 0.4) is 0 Å². The molecule has 0 aliphatic heterocycles. The first-order valence-electron chi connectivity index (χ1n) is 7.18. The second-order valence-electron chi connectivity index (χ2n) is 5.23. The van der Waals surface area contributed by atoms with Crippen molar-refractivity contribution in [3.05, 3.63) is 68.8 Å². The Balaban J connectivity index is 2.08. The summed E-state index contributed by atoms with van der Waals surface area (Å²) in [5, 5.41) is 9.37. The summed E-state index contributed by atoms with van der Waals surface area (Å²) in [4.78, 5) is 11.3. The van der Waals surface area contributed by atoms with Gasteiger partial charge >= 0.3 is 5.97 Å². The number of anilines is 1. The largest absolute Gasteiger partial charge is 0.478 e. The minimum absolute atomic E-state index is 0.00131. The van der Waals surface area contributed by atoms with Gasteiger partial charge in [-0.15, -0.1) is 11.3 Å². The third-order valence-corrected chi connectivity index (χ3v) is 6.63. The zero-order chi connectivity index (χ0) is 18.9. The van der Waals surface area contributed by atoms with E-state index in [0.29, 0.717) is 5.56 Å². The van der Waals surface area contributed by atoms with Crippen LogP contribution < -0.4 is 4.72 Å². The van der Waals surface area contributed by atoms with Gasteiger partial charge in [0.25, 0.3) is 10.0 Å². The quantitative estimate of drug-likeness (QED) is 0.584. The number of nitrogens with one attached hydrogen (secondary N) is 1. The number of rotatable bonds is 5. The Morgan fingerprint density at radius 3 is 2.27 bits per heavy atom. The molecule has 1 heterocycles. The van der Waals surface area contributed by atoms with E-state index in [0.717, 1.165) is 16.9 Å². The van der Waals surface area contributed by atoms with Crippen LogP contribution in [0.1, 0.15) is 10.4 Å². The Bertz CT molecular complexity index is 1080. The summed E-state index contributed by atoms with van der Waals surface area (Å²) in [5.74, 6) is -1.25. The lowest BCUT2D eigenvalue weighted by Crippen LogP contribution is -2.15. The lowest BCUT2D eigenvalue weighted by atomic mass is 10.0. The Labute approximate surface area is 163 Å². The molecule has 0 unspecified atom stereocenters. The maximum Gasteiger partial charge on any atom is 0.337 e. The third kappa shape index (κ3) is 3.86. The predicted molar refractivity (Wildman–Crippen MR) is 104 cm³/mol. The molecule has 26 heavy (non-hydrogen) atoms. The van der Waals surface area contributed by atoms with E-state index in [-0.39, 0.29) is 24.8 Å². The van der Waals surface area contributed by atoms with E-state index in [4.69, 9.17) is 23.2 Å². The Hall–Kier alpha value is -2.06. The van der Waals surface area contributed by atoms with Crippen LogP contribution in [0.25, 0.3) is 11.1 Å². The summed E-state index contributed by atoms with van der Waals surface area (Å²) in [5.41, 5.74) is 1.26. The number of aromatic carboxylic acids is 1. The first-order chi connectivity index (χ1) is 12.3. The van der Waals surface area contributed by atoms with Crippen molar-refractivity contribution in [2.75, 3.05) is 4.72 Å². The van der Waals surface area contributed by atoms with E-state index in [1.165, 1.54) is 18.2 Å². The topological polar surface area (TPSA) is 83.5 Å². The predicted octanol–water partition coefficient (Wildman–Crippen LogP) is 5.22. The smallest absolute Gasteiger partial charge is 0.337 e. The van der Waals surface area contributed by atoms with Gasteiger partial charge in [0.2, 0.25) is 0 Å². The highest BCUT2D eigenvalue weighted by molar-refractivity contribution is 7.93. The van der Waals surface area contributed by atoms with Gasteiger partial charge in [-0.2, -0.15) is 0 Å². The highest BCUT2D eigenvalue weighted by Crippen LogP contribution is 2.36. The molecule has 5 nitrogen and oxygen atoms in total. The number of sulfonamides is 1. The number of hydrogen-bond donors (Lipinski definition) is 2. The fourth-order valence-electron chi connectivity index (χ4n) is 2.33. The lowest BCUT2D eigenvalue weighted by Gasteiger charge is -2.12. The van der Waals surface area contributed by atoms with Gasteiger partial charge in [-0.3, -0.25) is 4.72 Å². The molecule has 0 radical (unpaired) electrons. The molecule has 0 saturated carbocycles. The van der Waals surface area contributed by atoms with Crippen molar-refractivity contribution in [2.24, 2.45) is 0 Å². The van der Waals surface area contributed by atoms with Crippen LogP contribution in [0, 0.1) is 0 Å². The number of hydrogen-bond acceptors (Lipinski definition) is 4. The molecule has 0 saturated heterocycles. The maximum atomic E-state index is 12.6. The van der Waals surface area contributed by atoms with Crippen LogP contribution in [-0.4, -0.2) is 19.5 Å². The minimum atomic E-state index is -4.10. The van der Waals surface area contributed by atoms with Gasteiger partial charge in [0.1, 0.15) is 9.23 Å². The Morgan fingerprint density at radius 2 is 1.69 bits per heavy atom. The number of benzene rings is 2. The summed E-state index contributed by atoms with van der Waals surface area (Å²) >= 11 is 12.6. The Morgan fingerprint density at radius 1 is 1.00 bits per heavy atom. The molecule has 134 valence electrons. The van der Waals surface area contributed by atoms with Crippen molar-refractivity contribution < 1.29 is 18.3 Å². The van der Waals surface area contributed by atoms with Gasteiger partial charge in [-0.1, -0.05) is 59.6 Å². The lowest BCUT2D eigenvalue weighted by molar-refractivity contribution is 0.0698. The van der Waals surface area contributed by atoms with Crippen molar-refractivity contribution >= 4 is 56.2 Å². The molecule has 2 N–H and O–H groups in total. The van der Waals surface area contributed by atoms with E-state index in [9.17, 15) is 18.3 Å². The molecule has 0 bridgehead atoms. The number of carbonyl (C=O) groups is 1. The van der Waals surface area contributed by atoms with Crippen molar-refractivity contribution in [3.8, 4) is 11.1 Å². The van der Waals surface area contributed by atoms with Crippen LogP contribution in [0.15, 0.2) is 59.5 Å². The second kappa shape index (κ2) is 7.28. The third-order valence-electron chi connectivity index (χ3n) is 3.52. The monoisotopic (exact) mass is 427 g/mol. The van der Waals surface area contributed by atoms with Gasteiger partial charge in [-0.05, 0) is 29.3 Å². The zero-order valence-electron chi connectivity index (χ0n) is 12.9. The molecular formula is C17H11Cl2NO4S2.